The van der Waals surface area contributed by atoms with Crippen molar-refractivity contribution < 1.29 is 13.0 Å². The van der Waals surface area contributed by atoms with Crippen molar-refractivity contribution in [3.05, 3.63) is 24.1 Å². The van der Waals surface area contributed by atoms with Crippen LogP contribution in [0.5, 0.6) is 0 Å². The van der Waals surface area contributed by atoms with E-state index < -0.39 is 10.1 Å². The van der Waals surface area contributed by atoms with Crippen LogP contribution in [0.3, 0.4) is 0 Å². The molecule has 0 saturated heterocycles. The summed E-state index contributed by atoms with van der Waals surface area (Å²) in [5.41, 5.74) is 0. The van der Waals surface area contributed by atoms with Crippen LogP contribution in [0.25, 0.3) is 0 Å². The van der Waals surface area contributed by atoms with Crippen LogP contribution in [0.4, 0.5) is 0 Å². The van der Waals surface area contributed by atoms with Crippen LogP contribution < -0.4 is 0 Å². The number of hydrogen-bond donors (Lipinski definition) is 1. The van der Waals surface area contributed by atoms with Crippen molar-refractivity contribution in [2.45, 2.75) is 0 Å². The molecule has 0 aliphatic carbocycles. The highest BCUT2D eigenvalue weighted by Crippen LogP contribution is 1.98. The first-order chi connectivity index (χ1) is 3.48. The second kappa shape index (κ2) is 2.11. The van der Waals surface area contributed by atoms with E-state index in [0.717, 1.165) is 6.08 Å². The third-order valence-corrected chi connectivity index (χ3v) is 1.39. The van der Waals surface area contributed by atoms with E-state index in [0.29, 0.717) is 0 Å². The minimum absolute atomic E-state index is 0.377. The highest BCUT2D eigenvalue weighted by Gasteiger charge is 2.03. The van der Waals surface area contributed by atoms with Crippen molar-refractivity contribution in [3.8, 4) is 0 Å². The summed E-state index contributed by atoms with van der Waals surface area (Å²) in [5, 5.41) is 0. The molecule has 1 N–H and O–H groups in total. The van der Waals surface area contributed by atoms with Gasteiger partial charge in [0.1, 0.15) is 0 Å². The molecule has 0 unspecified atom stereocenters. The summed E-state index contributed by atoms with van der Waals surface area (Å²) in [6.07, 6.45) is 0.968. The molecule has 0 heterocycles. The standard InChI is InChI=1S/C4H6O3S/c1-3-4(2)8(5,6)7/h3H,1-2H2,(H,5,6,7). The lowest BCUT2D eigenvalue weighted by Gasteiger charge is -1.88. The molecule has 0 radical (unpaired) electrons. The van der Waals surface area contributed by atoms with E-state index in [2.05, 4.69) is 13.2 Å². The SMILES string of the molecule is C=CC(=C)S(=O)(=O)O. The fourth-order valence-electron chi connectivity index (χ4n) is 0.105. The van der Waals surface area contributed by atoms with Gasteiger partial charge in [-0.3, -0.25) is 4.55 Å². The maximum atomic E-state index is 9.95. The Labute approximate surface area is 48.1 Å². The molecule has 0 amide bonds. The second-order valence-corrected chi connectivity index (χ2v) is 2.62. The molecule has 0 aromatic rings. The second-order valence-electron chi connectivity index (χ2n) is 1.15. The van der Waals surface area contributed by atoms with Gasteiger partial charge in [0.15, 0.2) is 0 Å². The molecule has 4 heteroatoms. The van der Waals surface area contributed by atoms with Crippen LogP contribution in [0.2, 0.25) is 0 Å². The van der Waals surface area contributed by atoms with Gasteiger partial charge in [0, 0.05) is 0 Å². The van der Waals surface area contributed by atoms with Crippen LogP contribution >= 0.6 is 0 Å². The van der Waals surface area contributed by atoms with E-state index in [9.17, 15) is 8.42 Å². The predicted octanol–water partition coefficient (Wildman–Crippen LogP) is 0.574. The minimum atomic E-state index is -4.07. The van der Waals surface area contributed by atoms with E-state index in [4.69, 9.17) is 4.55 Å². The largest absolute Gasteiger partial charge is 0.293 e. The van der Waals surface area contributed by atoms with Crippen molar-refractivity contribution >= 4 is 10.1 Å². The van der Waals surface area contributed by atoms with Gasteiger partial charge >= 0.3 is 0 Å². The van der Waals surface area contributed by atoms with Crippen LogP contribution in [0.15, 0.2) is 24.1 Å². The molecule has 0 saturated carbocycles. The number of allylic oxidation sites excluding steroid dienone is 1. The average Bonchev–Trinajstić information content (AvgIpc) is 1.62. The van der Waals surface area contributed by atoms with E-state index >= 15 is 0 Å². The summed E-state index contributed by atoms with van der Waals surface area (Å²) in [4.78, 5) is -0.377. The molecule has 0 aromatic heterocycles. The predicted molar refractivity (Wildman–Crippen MR) is 30.9 cm³/mol. The van der Waals surface area contributed by atoms with E-state index in [-0.39, 0.29) is 4.91 Å². The quantitative estimate of drug-likeness (QED) is 0.444. The fraction of sp³-hybridized carbons (Fsp3) is 0. The summed E-state index contributed by atoms with van der Waals surface area (Å²) in [6, 6.07) is 0. The summed E-state index contributed by atoms with van der Waals surface area (Å²) in [6.45, 7) is 6.08. The van der Waals surface area contributed by atoms with E-state index in [1.807, 2.05) is 0 Å². The van der Waals surface area contributed by atoms with Crippen molar-refractivity contribution in [3.63, 3.8) is 0 Å². The van der Waals surface area contributed by atoms with Gasteiger partial charge in [0.2, 0.25) is 0 Å². The lowest BCUT2D eigenvalue weighted by atomic mass is 10.6. The van der Waals surface area contributed by atoms with Gasteiger partial charge < -0.3 is 0 Å². The van der Waals surface area contributed by atoms with Crippen molar-refractivity contribution in [2.24, 2.45) is 0 Å². The Kier molecular flexibility index (Phi) is 1.94. The third-order valence-electron chi connectivity index (χ3n) is 0.559. The Morgan fingerprint density at radius 3 is 2.00 bits per heavy atom. The first-order valence-electron chi connectivity index (χ1n) is 1.77. The van der Waals surface area contributed by atoms with Gasteiger partial charge in [0.25, 0.3) is 10.1 Å². The van der Waals surface area contributed by atoms with Crippen molar-refractivity contribution in [1.29, 1.82) is 0 Å². The monoisotopic (exact) mass is 134 g/mol. The maximum absolute atomic E-state index is 9.95. The van der Waals surface area contributed by atoms with Gasteiger partial charge in [-0.1, -0.05) is 13.2 Å². The zero-order valence-corrected chi connectivity index (χ0v) is 4.98. The molecule has 46 valence electrons. The Morgan fingerprint density at radius 2 is 2.00 bits per heavy atom. The normalized spacial score (nSPS) is 10.6. The molecule has 0 aliphatic heterocycles. The summed E-state index contributed by atoms with van der Waals surface area (Å²) >= 11 is 0. The molecular weight excluding hydrogens is 128 g/mol. The summed E-state index contributed by atoms with van der Waals surface area (Å²) < 4.78 is 28.0. The molecule has 0 bridgehead atoms. The van der Waals surface area contributed by atoms with Crippen LogP contribution in [0, 0.1) is 0 Å². The van der Waals surface area contributed by atoms with Crippen LogP contribution in [0.1, 0.15) is 0 Å². The van der Waals surface area contributed by atoms with E-state index in [1.165, 1.54) is 0 Å². The first-order valence-corrected chi connectivity index (χ1v) is 3.21. The van der Waals surface area contributed by atoms with Gasteiger partial charge in [-0.05, 0) is 6.08 Å². The molecule has 0 aliphatic rings. The van der Waals surface area contributed by atoms with Gasteiger partial charge in [-0.2, -0.15) is 8.42 Å². The third kappa shape index (κ3) is 1.90. The van der Waals surface area contributed by atoms with Crippen LogP contribution in [-0.4, -0.2) is 13.0 Å². The zero-order chi connectivity index (χ0) is 6.78. The minimum Gasteiger partial charge on any atom is -0.282 e. The van der Waals surface area contributed by atoms with Crippen molar-refractivity contribution in [1.82, 2.24) is 0 Å². The smallest absolute Gasteiger partial charge is 0.282 e. The Balaban J connectivity index is 4.53. The molecule has 0 atom stereocenters. The molecule has 0 aromatic carbocycles. The highest BCUT2D eigenvalue weighted by molar-refractivity contribution is 7.90. The summed E-state index contributed by atoms with van der Waals surface area (Å²) in [7, 11) is -4.07. The van der Waals surface area contributed by atoms with Crippen LogP contribution in [-0.2, 0) is 10.1 Å². The molecular formula is C4H6O3S. The molecule has 3 nitrogen and oxygen atoms in total. The topological polar surface area (TPSA) is 54.4 Å². The molecule has 0 fully saturated rings. The molecule has 0 spiro atoms. The van der Waals surface area contributed by atoms with Gasteiger partial charge in [-0.15, -0.1) is 0 Å². The Morgan fingerprint density at radius 1 is 1.62 bits per heavy atom. The highest BCUT2D eigenvalue weighted by atomic mass is 32.2. The molecule has 8 heavy (non-hydrogen) atoms. The lowest BCUT2D eigenvalue weighted by Crippen LogP contribution is -1.96. The lowest BCUT2D eigenvalue weighted by molar-refractivity contribution is 0.492. The number of hydrogen-bond acceptors (Lipinski definition) is 2. The average molecular weight is 134 g/mol. The summed E-state index contributed by atoms with van der Waals surface area (Å²) in [5.74, 6) is 0. The van der Waals surface area contributed by atoms with Crippen molar-refractivity contribution in [2.75, 3.05) is 0 Å². The Hall–Kier alpha value is -0.610. The first kappa shape index (κ1) is 7.39. The van der Waals surface area contributed by atoms with Gasteiger partial charge in [-0.25, -0.2) is 0 Å². The number of rotatable bonds is 2. The zero-order valence-electron chi connectivity index (χ0n) is 4.16. The molecule has 0 rings (SSSR count). The van der Waals surface area contributed by atoms with Gasteiger partial charge in [0.05, 0.1) is 4.91 Å². The van der Waals surface area contributed by atoms with E-state index in [1.54, 1.807) is 0 Å². The fourth-order valence-corrected chi connectivity index (χ4v) is 0.316. The Bertz CT molecular complexity index is 199. The maximum Gasteiger partial charge on any atom is 0.293 e.